The first kappa shape index (κ1) is 21.3. The quantitative estimate of drug-likeness (QED) is 0.423. The molecular formula is C30H31N3O. The normalized spacial score (nSPS) is 17.2. The Labute approximate surface area is 201 Å². The van der Waals surface area contributed by atoms with Crippen molar-refractivity contribution in [3.8, 4) is 5.75 Å². The van der Waals surface area contributed by atoms with E-state index in [2.05, 4.69) is 69.4 Å². The zero-order valence-corrected chi connectivity index (χ0v) is 19.6. The summed E-state index contributed by atoms with van der Waals surface area (Å²) >= 11 is 0. The molecule has 2 aliphatic rings. The van der Waals surface area contributed by atoms with Crippen LogP contribution >= 0.6 is 0 Å². The van der Waals surface area contributed by atoms with Gasteiger partial charge in [0.15, 0.2) is 0 Å². The van der Waals surface area contributed by atoms with Crippen LogP contribution in [0.3, 0.4) is 0 Å². The van der Waals surface area contributed by atoms with Gasteiger partial charge in [0.25, 0.3) is 0 Å². The van der Waals surface area contributed by atoms with E-state index in [9.17, 15) is 0 Å². The number of ether oxygens (including phenoxy) is 1. The van der Waals surface area contributed by atoms with Gasteiger partial charge in [-0.25, -0.2) is 0 Å². The van der Waals surface area contributed by atoms with Gasteiger partial charge in [0.05, 0.1) is 11.6 Å². The second-order valence-electron chi connectivity index (χ2n) is 9.35. The number of aromatic nitrogens is 1. The summed E-state index contributed by atoms with van der Waals surface area (Å²) in [5.74, 6) is 0.927. The summed E-state index contributed by atoms with van der Waals surface area (Å²) in [7, 11) is 0. The van der Waals surface area contributed by atoms with Gasteiger partial charge in [-0.1, -0.05) is 54.6 Å². The van der Waals surface area contributed by atoms with Crippen molar-refractivity contribution in [3.05, 3.63) is 107 Å². The monoisotopic (exact) mass is 449 g/mol. The van der Waals surface area contributed by atoms with Crippen molar-refractivity contribution in [2.45, 2.75) is 18.9 Å². The third-order valence-corrected chi connectivity index (χ3v) is 7.41. The number of aryl methyl sites for hydroxylation is 2. The molecular weight excluding hydrogens is 418 g/mol. The molecule has 3 aromatic carbocycles. The van der Waals surface area contributed by atoms with Gasteiger partial charge < -0.3 is 4.74 Å². The maximum atomic E-state index is 6.18. The summed E-state index contributed by atoms with van der Waals surface area (Å²) in [4.78, 5) is 9.66. The summed E-state index contributed by atoms with van der Waals surface area (Å²) in [6, 6.07) is 28.6. The molecule has 0 bridgehead atoms. The first-order valence-corrected chi connectivity index (χ1v) is 12.5. The molecule has 4 nitrogen and oxygen atoms in total. The molecule has 0 saturated carbocycles. The minimum Gasteiger partial charge on any atom is -0.492 e. The van der Waals surface area contributed by atoms with E-state index in [-0.39, 0.29) is 0 Å². The molecule has 1 saturated heterocycles. The third-order valence-electron chi connectivity index (χ3n) is 7.41. The van der Waals surface area contributed by atoms with Crippen molar-refractivity contribution < 1.29 is 4.74 Å². The van der Waals surface area contributed by atoms with E-state index in [4.69, 9.17) is 4.74 Å². The Kier molecular flexibility index (Phi) is 6.01. The summed E-state index contributed by atoms with van der Waals surface area (Å²) in [5.41, 5.74) is 6.98. The first-order valence-electron chi connectivity index (χ1n) is 12.5. The smallest absolute Gasteiger partial charge is 0.128 e. The second kappa shape index (κ2) is 9.57. The SMILES string of the molecule is c1ccc2c(c1)CCc1ccccc1C2N1CCN(CCOc2cccc3ncccc23)CC1. The van der Waals surface area contributed by atoms with Gasteiger partial charge in [-0.05, 0) is 59.4 Å². The highest BCUT2D eigenvalue weighted by Crippen LogP contribution is 2.37. The van der Waals surface area contributed by atoms with Gasteiger partial charge in [-0.3, -0.25) is 14.8 Å². The average Bonchev–Trinajstić information content (AvgIpc) is 3.06. The number of rotatable bonds is 5. The number of benzene rings is 3. The number of piperazine rings is 1. The van der Waals surface area contributed by atoms with Crippen LogP contribution in [-0.4, -0.2) is 54.1 Å². The highest BCUT2D eigenvalue weighted by Gasteiger charge is 2.30. The van der Waals surface area contributed by atoms with E-state index in [0.29, 0.717) is 12.6 Å². The Morgan fingerprint density at radius 1 is 0.735 bits per heavy atom. The standard InChI is InChI=1S/C30H31N3O/c1-3-9-25-23(7-1)14-15-24-8-2-4-10-26(24)30(25)33-19-17-32(18-20-33)21-22-34-29-13-5-12-28-27(29)11-6-16-31-28/h1-13,16,30H,14-15,17-22H2. The molecule has 1 aliphatic carbocycles. The van der Waals surface area contributed by atoms with E-state index in [0.717, 1.165) is 62.2 Å². The second-order valence-corrected chi connectivity index (χ2v) is 9.35. The molecule has 2 heterocycles. The molecule has 1 aromatic heterocycles. The molecule has 172 valence electrons. The van der Waals surface area contributed by atoms with Gasteiger partial charge in [0.2, 0.25) is 0 Å². The van der Waals surface area contributed by atoms with Crippen LogP contribution < -0.4 is 4.74 Å². The Morgan fingerprint density at radius 2 is 1.44 bits per heavy atom. The molecule has 0 N–H and O–H groups in total. The van der Waals surface area contributed by atoms with Crippen LogP contribution in [0, 0.1) is 0 Å². The zero-order valence-electron chi connectivity index (χ0n) is 19.6. The van der Waals surface area contributed by atoms with Crippen molar-refractivity contribution in [1.29, 1.82) is 0 Å². The van der Waals surface area contributed by atoms with E-state index >= 15 is 0 Å². The highest BCUT2D eigenvalue weighted by atomic mass is 16.5. The van der Waals surface area contributed by atoms with Crippen molar-refractivity contribution in [3.63, 3.8) is 0 Å². The topological polar surface area (TPSA) is 28.6 Å². The Balaban J connectivity index is 1.12. The molecule has 34 heavy (non-hydrogen) atoms. The lowest BCUT2D eigenvalue weighted by molar-refractivity contribution is 0.0977. The van der Waals surface area contributed by atoms with E-state index in [1.807, 2.05) is 30.5 Å². The van der Waals surface area contributed by atoms with Crippen LogP contribution in [-0.2, 0) is 12.8 Å². The minimum atomic E-state index is 0.358. The molecule has 0 unspecified atom stereocenters. The van der Waals surface area contributed by atoms with E-state index in [1.165, 1.54) is 22.3 Å². The summed E-state index contributed by atoms with van der Waals surface area (Å²) in [6.07, 6.45) is 4.09. The van der Waals surface area contributed by atoms with Crippen LogP contribution in [0.2, 0.25) is 0 Å². The lowest BCUT2D eigenvalue weighted by atomic mass is 9.93. The molecule has 1 fully saturated rings. The largest absolute Gasteiger partial charge is 0.492 e. The minimum absolute atomic E-state index is 0.358. The number of hydrogen-bond donors (Lipinski definition) is 0. The van der Waals surface area contributed by atoms with Crippen molar-refractivity contribution in [1.82, 2.24) is 14.8 Å². The van der Waals surface area contributed by atoms with Crippen LogP contribution in [0.1, 0.15) is 28.3 Å². The number of pyridine rings is 1. The Bertz CT molecular complexity index is 1230. The fraction of sp³-hybridized carbons (Fsp3) is 0.300. The van der Waals surface area contributed by atoms with Crippen LogP contribution in [0.4, 0.5) is 0 Å². The Morgan fingerprint density at radius 3 is 2.18 bits per heavy atom. The lowest BCUT2D eigenvalue weighted by Crippen LogP contribution is -2.48. The van der Waals surface area contributed by atoms with Gasteiger partial charge in [0, 0.05) is 44.3 Å². The molecule has 4 heteroatoms. The number of hydrogen-bond acceptors (Lipinski definition) is 4. The highest BCUT2D eigenvalue weighted by molar-refractivity contribution is 5.84. The predicted molar refractivity (Wildman–Crippen MR) is 137 cm³/mol. The molecule has 0 spiro atoms. The number of nitrogens with zero attached hydrogens (tertiary/aromatic N) is 3. The van der Waals surface area contributed by atoms with Crippen LogP contribution in [0.25, 0.3) is 10.9 Å². The van der Waals surface area contributed by atoms with Gasteiger partial charge in [-0.15, -0.1) is 0 Å². The molecule has 0 amide bonds. The Hall–Kier alpha value is -3.21. The number of fused-ring (bicyclic) bond motifs is 3. The van der Waals surface area contributed by atoms with Crippen molar-refractivity contribution in [2.75, 3.05) is 39.3 Å². The lowest BCUT2D eigenvalue weighted by Gasteiger charge is -2.40. The third kappa shape index (κ3) is 4.20. The van der Waals surface area contributed by atoms with Gasteiger partial charge in [-0.2, -0.15) is 0 Å². The molecule has 0 atom stereocenters. The maximum Gasteiger partial charge on any atom is 0.128 e. The molecule has 6 rings (SSSR count). The fourth-order valence-corrected chi connectivity index (χ4v) is 5.62. The van der Waals surface area contributed by atoms with E-state index in [1.54, 1.807) is 0 Å². The fourth-order valence-electron chi connectivity index (χ4n) is 5.62. The summed E-state index contributed by atoms with van der Waals surface area (Å²) in [5, 5.41) is 1.08. The van der Waals surface area contributed by atoms with Crippen molar-refractivity contribution >= 4 is 10.9 Å². The molecule has 1 aliphatic heterocycles. The first-order chi connectivity index (χ1) is 16.9. The van der Waals surface area contributed by atoms with Crippen LogP contribution in [0.15, 0.2) is 85.1 Å². The van der Waals surface area contributed by atoms with Gasteiger partial charge in [0.1, 0.15) is 12.4 Å². The average molecular weight is 450 g/mol. The zero-order chi connectivity index (χ0) is 22.7. The summed E-state index contributed by atoms with van der Waals surface area (Å²) in [6.45, 7) is 5.94. The van der Waals surface area contributed by atoms with Crippen LogP contribution in [0.5, 0.6) is 5.75 Å². The molecule has 4 aromatic rings. The van der Waals surface area contributed by atoms with E-state index < -0.39 is 0 Å². The predicted octanol–water partition coefficient (Wildman–Crippen LogP) is 5.12. The molecule has 0 radical (unpaired) electrons. The van der Waals surface area contributed by atoms with Crippen molar-refractivity contribution in [2.24, 2.45) is 0 Å². The van der Waals surface area contributed by atoms with Gasteiger partial charge >= 0.3 is 0 Å². The summed E-state index contributed by atoms with van der Waals surface area (Å²) < 4.78 is 6.18. The maximum absolute atomic E-state index is 6.18.